The van der Waals surface area contributed by atoms with Gasteiger partial charge in [-0.05, 0) is 38.5 Å². The molecule has 0 spiro atoms. The fourth-order valence-electron chi connectivity index (χ4n) is 3.16. The second-order valence-electron chi connectivity index (χ2n) is 6.29. The molecule has 2 aliphatic rings. The van der Waals surface area contributed by atoms with Gasteiger partial charge < -0.3 is 20.1 Å². The number of carbonyl (C=O) groups excluding carboxylic acids is 1. The number of methoxy groups -OCH3 is 1. The maximum absolute atomic E-state index is 12.6. The summed E-state index contributed by atoms with van der Waals surface area (Å²) in [7, 11) is 1.60. The fraction of sp³-hybridized carbons (Fsp3) is 0.867. The Labute approximate surface area is 125 Å². The largest absolute Gasteiger partial charge is 0.480 e. The van der Waals surface area contributed by atoms with Gasteiger partial charge >= 0.3 is 12.0 Å². The normalized spacial score (nSPS) is 21.8. The molecule has 2 N–H and O–H groups in total. The van der Waals surface area contributed by atoms with E-state index in [4.69, 9.17) is 4.74 Å². The van der Waals surface area contributed by atoms with Crippen LogP contribution < -0.4 is 5.32 Å². The Hall–Kier alpha value is -1.30. The van der Waals surface area contributed by atoms with Crippen LogP contribution >= 0.6 is 0 Å². The van der Waals surface area contributed by atoms with E-state index in [2.05, 4.69) is 5.32 Å². The molecule has 2 fully saturated rings. The third-order valence-corrected chi connectivity index (χ3v) is 4.81. The van der Waals surface area contributed by atoms with Crippen LogP contribution in [0.3, 0.4) is 0 Å². The van der Waals surface area contributed by atoms with Crippen LogP contribution in [0.1, 0.15) is 45.4 Å². The van der Waals surface area contributed by atoms with Gasteiger partial charge in [0.1, 0.15) is 5.54 Å². The maximum Gasteiger partial charge on any atom is 0.329 e. The lowest BCUT2D eigenvalue weighted by atomic mass is 9.98. The van der Waals surface area contributed by atoms with E-state index in [0.717, 1.165) is 25.7 Å². The van der Waals surface area contributed by atoms with Crippen LogP contribution in [-0.2, 0) is 9.53 Å². The number of nitrogens with one attached hydrogen (secondary N) is 1. The molecule has 6 heteroatoms. The van der Waals surface area contributed by atoms with Crippen LogP contribution in [0, 0.1) is 5.92 Å². The zero-order valence-electron chi connectivity index (χ0n) is 12.9. The van der Waals surface area contributed by atoms with E-state index in [9.17, 15) is 14.7 Å². The van der Waals surface area contributed by atoms with Gasteiger partial charge in [-0.3, -0.25) is 0 Å². The fourth-order valence-corrected chi connectivity index (χ4v) is 3.16. The second-order valence-corrected chi connectivity index (χ2v) is 6.29. The van der Waals surface area contributed by atoms with Gasteiger partial charge in [-0.15, -0.1) is 0 Å². The molecule has 2 rings (SSSR count). The van der Waals surface area contributed by atoms with Gasteiger partial charge in [0.2, 0.25) is 0 Å². The first-order valence-corrected chi connectivity index (χ1v) is 7.81. The van der Waals surface area contributed by atoms with E-state index in [1.165, 1.54) is 0 Å². The lowest BCUT2D eigenvalue weighted by molar-refractivity contribution is -0.144. The highest BCUT2D eigenvalue weighted by molar-refractivity contribution is 5.86. The molecule has 0 aromatic rings. The summed E-state index contributed by atoms with van der Waals surface area (Å²) in [5.74, 6) is -0.379. The Balaban J connectivity index is 2.04. The van der Waals surface area contributed by atoms with E-state index in [0.29, 0.717) is 31.9 Å². The summed E-state index contributed by atoms with van der Waals surface area (Å²) in [6.07, 6.45) is 5.02. The summed E-state index contributed by atoms with van der Waals surface area (Å²) >= 11 is 0. The number of nitrogens with zero attached hydrogens (tertiary/aromatic N) is 1. The summed E-state index contributed by atoms with van der Waals surface area (Å²) in [5, 5.41) is 12.3. The summed E-state index contributed by atoms with van der Waals surface area (Å²) in [4.78, 5) is 25.9. The Kier molecular flexibility index (Phi) is 5.08. The highest BCUT2D eigenvalue weighted by atomic mass is 16.5. The van der Waals surface area contributed by atoms with E-state index in [1.807, 2.05) is 6.92 Å². The van der Waals surface area contributed by atoms with E-state index < -0.39 is 11.5 Å². The van der Waals surface area contributed by atoms with Gasteiger partial charge in [-0.25, -0.2) is 9.59 Å². The summed E-state index contributed by atoms with van der Waals surface area (Å²) in [6, 6.07) is -0.136. The number of hydrogen-bond donors (Lipinski definition) is 2. The molecule has 0 aromatic heterocycles. The Morgan fingerprint density at radius 3 is 2.48 bits per heavy atom. The van der Waals surface area contributed by atoms with Gasteiger partial charge in [-0.2, -0.15) is 0 Å². The third kappa shape index (κ3) is 3.67. The minimum absolute atomic E-state index is 0.132. The molecule has 0 radical (unpaired) electrons. The predicted octanol–water partition coefficient (Wildman–Crippen LogP) is 1.84. The van der Waals surface area contributed by atoms with Crippen molar-refractivity contribution >= 4 is 12.0 Å². The van der Waals surface area contributed by atoms with Crippen molar-refractivity contribution in [1.29, 1.82) is 0 Å². The number of rotatable bonds is 7. The quantitative estimate of drug-likeness (QED) is 0.751. The van der Waals surface area contributed by atoms with E-state index in [-0.39, 0.29) is 12.1 Å². The Bertz CT molecular complexity index is 389. The van der Waals surface area contributed by atoms with Crippen molar-refractivity contribution in [2.24, 2.45) is 5.92 Å². The lowest BCUT2D eigenvalue weighted by Crippen LogP contribution is -2.58. The van der Waals surface area contributed by atoms with Crippen LogP contribution in [0.25, 0.3) is 0 Å². The molecule has 6 nitrogen and oxygen atoms in total. The number of carboxylic acid groups (broad SMARTS) is 1. The SMILES string of the molecule is COCCN(C(=O)NC1(C(=O)O)CCCC1)C(C)C1CC1. The predicted molar refractivity (Wildman–Crippen MR) is 78.1 cm³/mol. The van der Waals surface area contributed by atoms with Crippen LogP contribution in [0.4, 0.5) is 4.79 Å². The van der Waals surface area contributed by atoms with Gasteiger partial charge in [0.05, 0.1) is 6.61 Å². The van der Waals surface area contributed by atoms with Crippen molar-refractivity contribution in [2.75, 3.05) is 20.3 Å². The van der Waals surface area contributed by atoms with Crippen LogP contribution in [0.15, 0.2) is 0 Å². The number of carboxylic acids is 1. The molecule has 2 saturated carbocycles. The minimum Gasteiger partial charge on any atom is -0.480 e. The summed E-state index contributed by atoms with van der Waals surface area (Å²) in [5.41, 5.74) is -1.08. The van der Waals surface area contributed by atoms with Gasteiger partial charge in [0, 0.05) is 19.7 Å². The molecule has 120 valence electrons. The van der Waals surface area contributed by atoms with Crippen molar-refractivity contribution in [2.45, 2.75) is 57.0 Å². The van der Waals surface area contributed by atoms with Crippen molar-refractivity contribution < 1.29 is 19.4 Å². The molecule has 2 aliphatic carbocycles. The minimum atomic E-state index is -1.08. The molecular formula is C15H26N2O4. The van der Waals surface area contributed by atoms with E-state index in [1.54, 1.807) is 12.0 Å². The van der Waals surface area contributed by atoms with Gasteiger partial charge in [0.15, 0.2) is 0 Å². The third-order valence-electron chi connectivity index (χ3n) is 4.81. The smallest absolute Gasteiger partial charge is 0.329 e. The topological polar surface area (TPSA) is 78.9 Å². The maximum atomic E-state index is 12.6. The second kappa shape index (κ2) is 6.64. The number of ether oxygens (including phenoxy) is 1. The number of aliphatic carboxylic acids is 1. The van der Waals surface area contributed by atoms with Crippen molar-refractivity contribution in [3.05, 3.63) is 0 Å². The Morgan fingerprint density at radius 2 is 2.00 bits per heavy atom. The molecular weight excluding hydrogens is 272 g/mol. The van der Waals surface area contributed by atoms with Crippen LogP contribution in [0.5, 0.6) is 0 Å². The average molecular weight is 298 g/mol. The molecule has 21 heavy (non-hydrogen) atoms. The molecule has 0 aliphatic heterocycles. The zero-order valence-corrected chi connectivity index (χ0v) is 12.9. The standard InChI is InChI=1S/C15H26N2O4/c1-11(12-5-6-12)17(9-10-21-2)14(20)16-15(13(18)19)7-3-4-8-15/h11-12H,3-10H2,1-2H3,(H,16,20)(H,18,19). The van der Waals surface area contributed by atoms with Crippen molar-refractivity contribution in [1.82, 2.24) is 10.2 Å². The van der Waals surface area contributed by atoms with Gasteiger partial charge in [0.25, 0.3) is 0 Å². The molecule has 1 unspecified atom stereocenters. The highest BCUT2D eigenvalue weighted by Gasteiger charge is 2.44. The van der Waals surface area contributed by atoms with Crippen LogP contribution in [0.2, 0.25) is 0 Å². The number of amides is 2. The van der Waals surface area contributed by atoms with Crippen LogP contribution in [-0.4, -0.2) is 53.8 Å². The molecule has 0 bridgehead atoms. The zero-order chi connectivity index (χ0) is 15.5. The number of carbonyl (C=O) groups is 2. The first-order valence-electron chi connectivity index (χ1n) is 7.81. The first-order chi connectivity index (χ1) is 10.00. The average Bonchev–Trinajstić information content (AvgIpc) is 3.19. The van der Waals surface area contributed by atoms with Crippen molar-refractivity contribution in [3.63, 3.8) is 0 Å². The summed E-state index contributed by atoms with van der Waals surface area (Å²) < 4.78 is 5.08. The highest BCUT2D eigenvalue weighted by Crippen LogP contribution is 2.36. The first kappa shape index (κ1) is 16.1. The molecule has 2 amide bonds. The number of hydrogen-bond acceptors (Lipinski definition) is 3. The van der Waals surface area contributed by atoms with Crippen molar-refractivity contribution in [3.8, 4) is 0 Å². The molecule has 0 saturated heterocycles. The monoisotopic (exact) mass is 298 g/mol. The molecule has 0 aromatic carbocycles. The lowest BCUT2D eigenvalue weighted by Gasteiger charge is -2.34. The van der Waals surface area contributed by atoms with E-state index >= 15 is 0 Å². The summed E-state index contributed by atoms with van der Waals surface area (Å²) in [6.45, 7) is 3.00. The molecule has 0 heterocycles. The van der Waals surface area contributed by atoms with Gasteiger partial charge in [-0.1, -0.05) is 12.8 Å². The number of urea groups is 1. The Morgan fingerprint density at radius 1 is 1.38 bits per heavy atom. The molecule has 1 atom stereocenters.